The lowest BCUT2D eigenvalue weighted by Gasteiger charge is -2.09. The van der Waals surface area contributed by atoms with E-state index < -0.39 is 22.3 Å². The van der Waals surface area contributed by atoms with Gasteiger partial charge >= 0.3 is 0 Å². The van der Waals surface area contributed by atoms with Gasteiger partial charge in [0.25, 0.3) is 11.6 Å². The monoisotopic (exact) mass is 369 g/mol. The van der Waals surface area contributed by atoms with Gasteiger partial charge in [0.05, 0.1) is 16.6 Å². The number of carbonyl (C=O) groups excluding carboxylic acids is 1. The number of nitrogens with zero attached hydrogens (tertiary/aromatic N) is 2. The maximum Gasteiger partial charge on any atom is 0.276 e. The minimum atomic E-state index is -0.907. The van der Waals surface area contributed by atoms with Crippen molar-refractivity contribution in [3.05, 3.63) is 55.9 Å². The average Bonchev–Trinajstić information content (AvgIpc) is 2.43. The van der Waals surface area contributed by atoms with Gasteiger partial charge in [-0.05, 0) is 35.0 Å². The number of nitro benzene ring substituents is 1. The topological polar surface area (TPSA) is 105 Å². The molecule has 0 saturated carbocycles. The molecule has 114 valence electrons. The van der Waals surface area contributed by atoms with Crippen LogP contribution in [0.15, 0.2) is 28.9 Å². The molecule has 0 unspecified atom stereocenters. The van der Waals surface area contributed by atoms with Gasteiger partial charge in [0.15, 0.2) is 11.6 Å². The van der Waals surface area contributed by atoms with Gasteiger partial charge in [0.2, 0.25) is 0 Å². The van der Waals surface area contributed by atoms with E-state index >= 15 is 0 Å². The number of rotatable bonds is 3. The van der Waals surface area contributed by atoms with Gasteiger partial charge in [0.1, 0.15) is 5.82 Å². The van der Waals surface area contributed by atoms with E-state index in [4.69, 9.17) is 0 Å². The molecule has 1 aromatic heterocycles. The Bertz CT molecular complexity index is 782. The molecule has 1 heterocycles. The molecule has 7 nitrogen and oxygen atoms in total. The van der Waals surface area contributed by atoms with Crippen LogP contribution >= 0.6 is 15.9 Å². The first-order valence-electron chi connectivity index (χ1n) is 5.90. The van der Waals surface area contributed by atoms with E-state index in [2.05, 4.69) is 26.2 Å². The maximum absolute atomic E-state index is 13.4. The number of hydrogen-bond acceptors (Lipinski definition) is 5. The number of halogens is 2. The smallest absolute Gasteiger partial charge is 0.276 e. The van der Waals surface area contributed by atoms with Crippen molar-refractivity contribution in [3.63, 3.8) is 0 Å². The highest BCUT2D eigenvalue weighted by molar-refractivity contribution is 9.10. The van der Waals surface area contributed by atoms with Gasteiger partial charge in [-0.2, -0.15) is 0 Å². The Morgan fingerprint density at radius 3 is 2.73 bits per heavy atom. The summed E-state index contributed by atoms with van der Waals surface area (Å²) >= 11 is 3.09. The Kier molecular flexibility index (Phi) is 4.36. The molecule has 0 aliphatic carbocycles. The minimum Gasteiger partial charge on any atom is -0.504 e. The second-order valence-electron chi connectivity index (χ2n) is 4.33. The van der Waals surface area contributed by atoms with Crippen molar-refractivity contribution in [3.8, 4) is 5.75 Å². The van der Waals surface area contributed by atoms with Crippen LogP contribution in [0, 0.1) is 22.9 Å². The molecule has 0 atom stereocenters. The summed E-state index contributed by atoms with van der Waals surface area (Å²) in [7, 11) is 0. The number of aromatic hydroxyl groups is 1. The first kappa shape index (κ1) is 15.8. The molecule has 1 amide bonds. The third kappa shape index (κ3) is 3.19. The summed E-state index contributed by atoms with van der Waals surface area (Å²) in [6.45, 7) is 1.33. The highest BCUT2D eigenvalue weighted by Gasteiger charge is 2.21. The second kappa shape index (κ2) is 6.06. The van der Waals surface area contributed by atoms with Crippen LogP contribution in [0.5, 0.6) is 5.75 Å². The summed E-state index contributed by atoms with van der Waals surface area (Å²) in [6.07, 6.45) is 1.34. The summed E-state index contributed by atoms with van der Waals surface area (Å²) in [5, 5.41) is 22.8. The third-order valence-electron chi connectivity index (χ3n) is 2.85. The molecule has 0 fully saturated rings. The molecular weight excluding hydrogens is 361 g/mol. The van der Waals surface area contributed by atoms with Crippen molar-refractivity contribution in [1.29, 1.82) is 0 Å². The number of nitro groups is 1. The standard InChI is InChI=1S/C13H9BrFN3O4/c1-6-9(3-8(15)4-10(6)18(21)22)13(20)17-12-11(19)2-7(14)5-16-12/h2-5,19H,1H3,(H,16,17,20). The molecule has 0 radical (unpaired) electrons. The molecule has 2 rings (SSSR count). The van der Waals surface area contributed by atoms with Crippen LogP contribution in [0.4, 0.5) is 15.9 Å². The summed E-state index contributed by atoms with van der Waals surface area (Å²) in [4.78, 5) is 26.0. The van der Waals surface area contributed by atoms with Crippen molar-refractivity contribution in [1.82, 2.24) is 4.98 Å². The number of benzene rings is 1. The Morgan fingerprint density at radius 2 is 2.14 bits per heavy atom. The van der Waals surface area contributed by atoms with Crippen molar-refractivity contribution >= 4 is 33.3 Å². The average molecular weight is 370 g/mol. The number of aromatic nitrogens is 1. The maximum atomic E-state index is 13.4. The van der Waals surface area contributed by atoms with Gasteiger partial charge in [-0.1, -0.05) is 0 Å². The quantitative estimate of drug-likeness (QED) is 0.638. The van der Waals surface area contributed by atoms with Crippen LogP contribution in [-0.2, 0) is 0 Å². The summed E-state index contributed by atoms with van der Waals surface area (Å²) < 4.78 is 13.9. The van der Waals surface area contributed by atoms with Crippen LogP contribution in [0.2, 0.25) is 0 Å². The molecule has 22 heavy (non-hydrogen) atoms. The number of amides is 1. The van der Waals surface area contributed by atoms with E-state index in [1.54, 1.807) is 0 Å². The van der Waals surface area contributed by atoms with Crippen LogP contribution in [-0.4, -0.2) is 20.9 Å². The van der Waals surface area contributed by atoms with Crippen molar-refractivity contribution < 1.29 is 19.2 Å². The fraction of sp³-hybridized carbons (Fsp3) is 0.0769. The molecule has 1 aromatic carbocycles. The van der Waals surface area contributed by atoms with E-state index in [0.29, 0.717) is 4.47 Å². The molecule has 2 N–H and O–H groups in total. The Labute approximate surface area is 132 Å². The molecule has 0 aliphatic rings. The molecule has 0 bridgehead atoms. The van der Waals surface area contributed by atoms with Gasteiger partial charge < -0.3 is 10.4 Å². The number of anilines is 1. The summed E-state index contributed by atoms with van der Waals surface area (Å²) in [5.41, 5.74) is -0.700. The zero-order valence-corrected chi connectivity index (χ0v) is 12.7. The Balaban J connectivity index is 2.39. The molecule has 9 heteroatoms. The SMILES string of the molecule is Cc1c(C(=O)Nc2ncc(Br)cc2O)cc(F)cc1[N+](=O)[O-]. The predicted octanol–water partition coefficient (Wildman–Crippen LogP) is 3.16. The molecule has 0 aliphatic heterocycles. The number of hydrogen-bond donors (Lipinski definition) is 2. The second-order valence-corrected chi connectivity index (χ2v) is 5.25. The number of nitrogens with one attached hydrogen (secondary N) is 1. The van der Waals surface area contributed by atoms with E-state index in [-0.39, 0.29) is 22.7 Å². The van der Waals surface area contributed by atoms with E-state index in [1.165, 1.54) is 19.2 Å². The number of pyridine rings is 1. The summed E-state index contributed by atoms with van der Waals surface area (Å²) in [5.74, 6) is -2.16. The van der Waals surface area contributed by atoms with Crippen LogP contribution in [0.1, 0.15) is 15.9 Å². The number of carbonyl (C=O) groups is 1. The zero-order valence-electron chi connectivity index (χ0n) is 11.1. The fourth-order valence-electron chi connectivity index (χ4n) is 1.79. The van der Waals surface area contributed by atoms with E-state index in [1.807, 2.05) is 0 Å². The molecular formula is C13H9BrFN3O4. The van der Waals surface area contributed by atoms with Gasteiger partial charge in [-0.15, -0.1) is 0 Å². The highest BCUT2D eigenvalue weighted by atomic mass is 79.9. The molecule has 0 spiro atoms. The minimum absolute atomic E-state index is 0.0144. The van der Waals surface area contributed by atoms with Crippen LogP contribution < -0.4 is 5.32 Å². The zero-order chi connectivity index (χ0) is 16.4. The van der Waals surface area contributed by atoms with Crippen molar-refractivity contribution in [2.45, 2.75) is 6.92 Å². The Hall–Kier alpha value is -2.55. The normalized spacial score (nSPS) is 10.3. The Morgan fingerprint density at radius 1 is 1.45 bits per heavy atom. The first-order valence-corrected chi connectivity index (χ1v) is 6.69. The van der Waals surface area contributed by atoms with Gasteiger partial charge in [0, 0.05) is 16.2 Å². The van der Waals surface area contributed by atoms with Crippen molar-refractivity contribution in [2.24, 2.45) is 0 Å². The lowest BCUT2D eigenvalue weighted by molar-refractivity contribution is -0.385. The van der Waals surface area contributed by atoms with Crippen LogP contribution in [0.25, 0.3) is 0 Å². The highest BCUT2D eigenvalue weighted by Crippen LogP contribution is 2.27. The fourth-order valence-corrected chi connectivity index (χ4v) is 2.11. The van der Waals surface area contributed by atoms with Crippen LogP contribution in [0.3, 0.4) is 0 Å². The first-order chi connectivity index (χ1) is 10.3. The lowest BCUT2D eigenvalue weighted by Crippen LogP contribution is -2.15. The lowest BCUT2D eigenvalue weighted by atomic mass is 10.1. The van der Waals surface area contributed by atoms with E-state index in [0.717, 1.165) is 12.1 Å². The molecule has 0 saturated heterocycles. The van der Waals surface area contributed by atoms with E-state index in [9.17, 15) is 24.4 Å². The summed E-state index contributed by atoms with van der Waals surface area (Å²) in [6, 6.07) is 2.93. The largest absolute Gasteiger partial charge is 0.504 e. The van der Waals surface area contributed by atoms with Gasteiger partial charge in [-0.25, -0.2) is 9.37 Å². The molecule has 2 aromatic rings. The third-order valence-corrected chi connectivity index (χ3v) is 3.29. The predicted molar refractivity (Wildman–Crippen MR) is 79.3 cm³/mol. The van der Waals surface area contributed by atoms with Gasteiger partial charge in [-0.3, -0.25) is 14.9 Å². The van der Waals surface area contributed by atoms with Crippen molar-refractivity contribution in [2.75, 3.05) is 5.32 Å².